The van der Waals surface area contributed by atoms with Crippen LogP contribution in [0.15, 0.2) is 65.1 Å². The summed E-state index contributed by atoms with van der Waals surface area (Å²) in [4.78, 5) is 19.9. The van der Waals surface area contributed by atoms with Crippen molar-refractivity contribution < 1.29 is 9.21 Å². The first-order chi connectivity index (χ1) is 14.4. The van der Waals surface area contributed by atoms with Gasteiger partial charge in [0.1, 0.15) is 5.94 Å². The molecular formula is C22H22N6O2. The van der Waals surface area contributed by atoms with Gasteiger partial charge in [-0.1, -0.05) is 51.1 Å². The second kappa shape index (κ2) is 7.50. The summed E-state index contributed by atoms with van der Waals surface area (Å²) in [6.07, 6.45) is 8.27. The van der Waals surface area contributed by atoms with E-state index < -0.39 is 6.04 Å². The molecule has 0 amide bonds. The fraction of sp³-hybridized carbons (Fsp3) is 0.227. The van der Waals surface area contributed by atoms with Crippen LogP contribution in [-0.2, 0) is 10.2 Å². The van der Waals surface area contributed by atoms with E-state index in [-0.39, 0.29) is 11.4 Å². The molecule has 1 aliphatic carbocycles. The Morgan fingerprint density at radius 3 is 2.63 bits per heavy atom. The minimum atomic E-state index is -0.480. The SMILES string of the molecule is CC(C)(C)c1ccc(-n2nc(NC3C=CC=C(c4cnco4)C3=C=O)nc2N)cc1. The van der Waals surface area contributed by atoms with Gasteiger partial charge in [0.15, 0.2) is 12.2 Å². The molecule has 1 aliphatic rings. The highest BCUT2D eigenvalue weighted by molar-refractivity contribution is 5.90. The molecule has 1 aromatic carbocycles. The summed E-state index contributed by atoms with van der Waals surface area (Å²) >= 11 is 0. The molecule has 1 unspecified atom stereocenters. The standard InChI is InChI=1S/C22H22N6O2/c1-22(2,3)14-7-9-15(10-8-14)28-20(23)26-21(27-28)25-18-6-4-5-16(17(18)12-29)19-11-24-13-30-19/h4-11,13,18H,1-3H3,(H3,23,25,26,27). The van der Waals surface area contributed by atoms with Gasteiger partial charge in [-0.25, -0.2) is 9.78 Å². The lowest BCUT2D eigenvalue weighted by Gasteiger charge is -2.19. The molecule has 152 valence electrons. The average molecular weight is 402 g/mol. The van der Waals surface area contributed by atoms with Gasteiger partial charge in [0.2, 0.25) is 11.9 Å². The molecule has 4 rings (SSSR count). The van der Waals surface area contributed by atoms with Gasteiger partial charge in [-0.15, -0.1) is 5.10 Å². The van der Waals surface area contributed by atoms with Crippen molar-refractivity contribution in [3.63, 3.8) is 0 Å². The zero-order chi connectivity index (χ0) is 21.3. The fourth-order valence-corrected chi connectivity index (χ4v) is 3.24. The number of allylic oxidation sites excluding steroid dienone is 2. The number of nitrogens with one attached hydrogen (secondary N) is 1. The highest BCUT2D eigenvalue weighted by Crippen LogP contribution is 2.29. The van der Waals surface area contributed by atoms with E-state index in [2.05, 4.69) is 53.3 Å². The van der Waals surface area contributed by atoms with Gasteiger partial charge in [-0.05, 0) is 23.1 Å². The van der Waals surface area contributed by atoms with E-state index in [0.717, 1.165) is 5.69 Å². The zero-order valence-electron chi connectivity index (χ0n) is 17.0. The van der Waals surface area contributed by atoms with Crippen molar-refractivity contribution in [3.8, 4) is 5.69 Å². The third-order valence-electron chi connectivity index (χ3n) is 4.87. The Balaban J connectivity index is 1.58. The second-order valence-electron chi connectivity index (χ2n) is 7.97. The maximum absolute atomic E-state index is 11.7. The average Bonchev–Trinajstić information content (AvgIpc) is 3.37. The van der Waals surface area contributed by atoms with Crippen LogP contribution in [0.2, 0.25) is 0 Å². The van der Waals surface area contributed by atoms with Crippen LogP contribution < -0.4 is 11.1 Å². The van der Waals surface area contributed by atoms with Gasteiger partial charge in [0, 0.05) is 5.57 Å². The minimum Gasteiger partial charge on any atom is -0.443 e. The van der Waals surface area contributed by atoms with Crippen LogP contribution in [0.25, 0.3) is 11.3 Å². The van der Waals surface area contributed by atoms with E-state index in [0.29, 0.717) is 22.9 Å². The van der Waals surface area contributed by atoms with E-state index >= 15 is 0 Å². The monoisotopic (exact) mass is 402 g/mol. The van der Waals surface area contributed by atoms with E-state index in [1.165, 1.54) is 12.0 Å². The summed E-state index contributed by atoms with van der Waals surface area (Å²) < 4.78 is 6.88. The summed E-state index contributed by atoms with van der Waals surface area (Å²) in [5, 5.41) is 7.59. The second-order valence-corrected chi connectivity index (χ2v) is 7.97. The van der Waals surface area contributed by atoms with Crippen LogP contribution in [0.1, 0.15) is 32.1 Å². The van der Waals surface area contributed by atoms with E-state index in [9.17, 15) is 4.79 Å². The smallest absolute Gasteiger partial charge is 0.245 e. The minimum absolute atomic E-state index is 0.0543. The van der Waals surface area contributed by atoms with Gasteiger partial charge in [0.05, 0.1) is 23.5 Å². The normalized spacial score (nSPS) is 16.3. The number of anilines is 2. The number of hydrogen-bond acceptors (Lipinski definition) is 7. The largest absolute Gasteiger partial charge is 0.443 e. The Morgan fingerprint density at radius 2 is 2.00 bits per heavy atom. The van der Waals surface area contributed by atoms with Crippen molar-refractivity contribution in [2.45, 2.75) is 32.2 Å². The van der Waals surface area contributed by atoms with Crippen molar-refractivity contribution in [3.05, 3.63) is 72.0 Å². The lowest BCUT2D eigenvalue weighted by atomic mass is 9.87. The maximum Gasteiger partial charge on any atom is 0.245 e. The summed E-state index contributed by atoms with van der Waals surface area (Å²) in [5.41, 5.74) is 9.13. The van der Waals surface area contributed by atoms with Crippen LogP contribution in [0.5, 0.6) is 0 Å². The predicted molar refractivity (Wildman–Crippen MR) is 115 cm³/mol. The van der Waals surface area contributed by atoms with Gasteiger partial charge in [-0.2, -0.15) is 9.67 Å². The number of oxazole rings is 1. The molecule has 2 heterocycles. The number of benzene rings is 1. The summed E-state index contributed by atoms with van der Waals surface area (Å²) in [6.45, 7) is 6.47. The molecule has 3 aromatic rings. The van der Waals surface area contributed by atoms with Crippen LogP contribution in [0.4, 0.5) is 11.9 Å². The Labute approximate surface area is 173 Å². The zero-order valence-corrected chi connectivity index (χ0v) is 17.0. The Kier molecular flexibility index (Phi) is 4.85. The molecule has 0 radical (unpaired) electrons. The van der Waals surface area contributed by atoms with Crippen LogP contribution in [-0.4, -0.2) is 31.7 Å². The van der Waals surface area contributed by atoms with Gasteiger partial charge in [0.25, 0.3) is 0 Å². The first-order valence-corrected chi connectivity index (χ1v) is 9.49. The van der Waals surface area contributed by atoms with Crippen LogP contribution >= 0.6 is 0 Å². The molecule has 0 bridgehead atoms. The number of nitrogens with zero attached hydrogens (tertiary/aromatic N) is 4. The first kappa shape index (κ1) is 19.4. The molecule has 8 heteroatoms. The number of rotatable bonds is 4. The molecule has 0 aliphatic heterocycles. The molecule has 3 N–H and O–H groups in total. The number of nitrogens with two attached hydrogens (primary N) is 1. The third-order valence-corrected chi connectivity index (χ3v) is 4.87. The third kappa shape index (κ3) is 3.68. The van der Waals surface area contributed by atoms with E-state index in [1.807, 2.05) is 30.2 Å². The van der Waals surface area contributed by atoms with E-state index in [4.69, 9.17) is 10.2 Å². The highest BCUT2D eigenvalue weighted by atomic mass is 16.3. The summed E-state index contributed by atoms with van der Waals surface area (Å²) in [5.74, 6) is 3.02. The first-order valence-electron chi connectivity index (χ1n) is 9.49. The number of nitrogen functional groups attached to an aromatic ring is 1. The van der Waals surface area contributed by atoms with Crippen molar-refractivity contribution in [2.75, 3.05) is 11.1 Å². The van der Waals surface area contributed by atoms with Crippen LogP contribution in [0.3, 0.4) is 0 Å². The van der Waals surface area contributed by atoms with Crippen molar-refractivity contribution in [2.24, 2.45) is 0 Å². The van der Waals surface area contributed by atoms with Gasteiger partial charge >= 0.3 is 0 Å². The number of hydrogen-bond donors (Lipinski definition) is 2. The highest BCUT2D eigenvalue weighted by Gasteiger charge is 2.24. The lowest BCUT2D eigenvalue weighted by Crippen LogP contribution is -2.23. The molecule has 0 saturated carbocycles. The molecule has 1 atom stereocenters. The molecule has 0 spiro atoms. The number of aromatic nitrogens is 4. The van der Waals surface area contributed by atoms with Crippen molar-refractivity contribution in [1.29, 1.82) is 0 Å². The molecule has 0 fully saturated rings. The Hall–Kier alpha value is -3.90. The van der Waals surface area contributed by atoms with Gasteiger partial charge in [-0.3, -0.25) is 0 Å². The van der Waals surface area contributed by atoms with E-state index in [1.54, 1.807) is 17.0 Å². The number of carbonyl (C=O) groups excluding carboxylic acids is 1. The molecule has 0 saturated heterocycles. The topological polar surface area (TPSA) is 112 Å². The molecule has 2 aromatic heterocycles. The Bertz CT molecular complexity index is 1160. The summed E-state index contributed by atoms with van der Waals surface area (Å²) in [6, 6.07) is 7.53. The molecular weight excluding hydrogens is 380 g/mol. The predicted octanol–water partition coefficient (Wildman–Crippen LogP) is 3.33. The van der Waals surface area contributed by atoms with Crippen LogP contribution in [0, 0.1) is 0 Å². The van der Waals surface area contributed by atoms with Crippen molar-refractivity contribution in [1.82, 2.24) is 19.7 Å². The Morgan fingerprint density at radius 1 is 1.23 bits per heavy atom. The fourth-order valence-electron chi connectivity index (χ4n) is 3.24. The lowest BCUT2D eigenvalue weighted by molar-refractivity contribution is 0.543. The maximum atomic E-state index is 11.7. The molecule has 8 nitrogen and oxygen atoms in total. The molecule has 30 heavy (non-hydrogen) atoms. The quantitative estimate of drug-likeness (QED) is 0.644. The summed E-state index contributed by atoms with van der Waals surface area (Å²) in [7, 11) is 0. The van der Waals surface area contributed by atoms with Gasteiger partial charge < -0.3 is 15.5 Å². The van der Waals surface area contributed by atoms with Crippen molar-refractivity contribution >= 4 is 23.4 Å².